The Labute approximate surface area is 109 Å². The predicted molar refractivity (Wildman–Crippen MR) is 69.1 cm³/mol. The maximum Gasteiger partial charge on any atom is 0.277 e. The number of aromatic nitrogens is 2. The van der Waals surface area contributed by atoms with Gasteiger partial charge >= 0.3 is 0 Å². The molecule has 0 aliphatic carbocycles. The molecule has 0 saturated carbocycles. The van der Waals surface area contributed by atoms with Gasteiger partial charge in [0, 0.05) is 5.56 Å². The third kappa shape index (κ3) is 2.89. The summed E-state index contributed by atoms with van der Waals surface area (Å²) in [4.78, 5) is 10.6. The van der Waals surface area contributed by atoms with Gasteiger partial charge in [-0.25, -0.2) is 0 Å². The van der Waals surface area contributed by atoms with E-state index >= 15 is 0 Å². The minimum Gasteiger partial charge on any atom is -0.411 e. The maximum absolute atomic E-state index is 10.6. The highest BCUT2D eigenvalue weighted by atomic mass is 32.2. The molecule has 0 fully saturated rings. The van der Waals surface area contributed by atoms with Crippen molar-refractivity contribution in [3.05, 3.63) is 29.3 Å². The van der Waals surface area contributed by atoms with Crippen LogP contribution in [0.3, 0.4) is 0 Å². The lowest BCUT2D eigenvalue weighted by Crippen LogP contribution is -2.12. The molecule has 0 saturated heterocycles. The first-order chi connectivity index (χ1) is 8.56. The Kier molecular flexibility index (Phi) is 3.66. The van der Waals surface area contributed by atoms with Crippen LogP contribution in [0.5, 0.6) is 0 Å². The van der Waals surface area contributed by atoms with Gasteiger partial charge in [0.15, 0.2) is 0 Å². The van der Waals surface area contributed by atoms with Crippen LogP contribution in [-0.4, -0.2) is 21.9 Å². The number of carbonyl (C=O) groups excluding carboxylic acids is 1. The van der Waals surface area contributed by atoms with Gasteiger partial charge in [0.2, 0.25) is 11.8 Å². The third-order valence-corrected chi connectivity index (χ3v) is 3.34. The van der Waals surface area contributed by atoms with Gasteiger partial charge in [-0.05, 0) is 37.1 Å². The molecule has 0 aliphatic rings. The Hall–Kier alpha value is -1.82. The molecule has 0 unspecified atom stereocenters. The van der Waals surface area contributed by atoms with Crippen molar-refractivity contribution in [1.82, 2.24) is 10.2 Å². The molecule has 1 heterocycles. The van der Waals surface area contributed by atoms with Gasteiger partial charge in [0.05, 0.1) is 5.75 Å². The first-order valence-corrected chi connectivity index (χ1v) is 6.37. The molecular weight excluding hydrogens is 250 g/mol. The molecule has 1 aromatic heterocycles. The van der Waals surface area contributed by atoms with Crippen LogP contribution in [0.15, 0.2) is 27.8 Å². The molecule has 5 nitrogen and oxygen atoms in total. The molecule has 1 amide bonds. The van der Waals surface area contributed by atoms with Crippen molar-refractivity contribution in [3.8, 4) is 11.5 Å². The molecule has 0 atom stereocenters. The van der Waals surface area contributed by atoms with E-state index in [0.29, 0.717) is 11.1 Å². The molecule has 2 rings (SSSR count). The quantitative estimate of drug-likeness (QED) is 0.852. The minimum absolute atomic E-state index is 0.133. The lowest BCUT2D eigenvalue weighted by atomic mass is 10.1. The highest BCUT2D eigenvalue weighted by molar-refractivity contribution is 7.99. The van der Waals surface area contributed by atoms with Crippen LogP contribution < -0.4 is 5.73 Å². The molecule has 0 bridgehead atoms. The van der Waals surface area contributed by atoms with Gasteiger partial charge in [0.1, 0.15) is 0 Å². The van der Waals surface area contributed by atoms with Gasteiger partial charge < -0.3 is 10.2 Å². The number of benzene rings is 1. The van der Waals surface area contributed by atoms with Crippen LogP contribution in [0.4, 0.5) is 0 Å². The second kappa shape index (κ2) is 5.22. The van der Waals surface area contributed by atoms with Crippen LogP contribution in [0, 0.1) is 13.8 Å². The number of aryl methyl sites for hydroxylation is 2. The van der Waals surface area contributed by atoms with Crippen molar-refractivity contribution in [1.29, 1.82) is 0 Å². The normalized spacial score (nSPS) is 10.6. The number of amides is 1. The molecule has 2 N–H and O–H groups in total. The van der Waals surface area contributed by atoms with Crippen molar-refractivity contribution in [2.75, 3.05) is 5.75 Å². The summed E-state index contributed by atoms with van der Waals surface area (Å²) in [5.74, 6) is 0.171. The van der Waals surface area contributed by atoms with Gasteiger partial charge in [0.25, 0.3) is 5.22 Å². The van der Waals surface area contributed by atoms with E-state index in [4.69, 9.17) is 10.2 Å². The summed E-state index contributed by atoms with van der Waals surface area (Å²) in [6, 6.07) is 5.93. The van der Waals surface area contributed by atoms with Gasteiger partial charge in [-0.2, -0.15) is 0 Å². The zero-order valence-corrected chi connectivity index (χ0v) is 11.0. The Balaban J connectivity index is 2.18. The lowest BCUT2D eigenvalue weighted by Gasteiger charge is -2.00. The molecule has 94 valence electrons. The van der Waals surface area contributed by atoms with Crippen molar-refractivity contribution >= 4 is 17.7 Å². The summed E-state index contributed by atoms with van der Waals surface area (Å²) in [6.45, 7) is 4.07. The Morgan fingerprint density at radius 1 is 1.33 bits per heavy atom. The molecular formula is C12H13N3O2S. The van der Waals surface area contributed by atoms with Gasteiger partial charge in [-0.3, -0.25) is 4.79 Å². The molecule has 0 spiro atoms. The number of rotatable bonds is 4. The smallest absolute Gasteiger partial charge is 0.277 e. The van der Waals surface area contributed by atoms with E-state index in [-0.39, 0.29) is 5.75 Å². The van der Waals surface area contributed by atoms with E-state index in [1.165, 1.54) is 5.56 Å². The molecule has 18 heavy (non-hydrogen) atoms. The summed E-state index contributed by atoms with van der Waals surface area (Å²) in [6.07, 6.45) is 0. The van der Waals surface area contributed by atoms with Crippen molar-refractivity contribution in [2.45, 2.75) is 19.1 Å². The number of carbonyl (C=O) groups is 1. The first-order valence-electron chi connectivity index (χ1n) is 5.38. The summed E-state index contributed by atoms with van der Waals surface area (Å²) in [7, 11) is 0. The topological polar surface area (TPSA) is 82.0 Å². The van der Waals surface area contributed by atoms with E-state index in [1.807, 2.05) is 32.0 Å². The molecule has 0 radical (unpaired) electrons. The molecule has 1 aromatic carbocycles. The van der Waals surface area contributed by atoms with Gasteiger partial charge in [-0.1, -0.05) is 17.8 Å². The van der Waals surface area contributed by atoms with E-state index in [9.17, 15) is 4.79 Å². The highest BCUT2D eigenvalue weighted by Gasteiger charge is 2.10. The second-order valence-electron chi connectivity index (χ2n) is 3.93. The number of primary amides is 1. The fraction of sp³-hybridized carbons (Fsp3) is 0.250. The summed E-state index contributed by atoms with van der Waals surface area (Å²) >= 11 is 1.14. The Morgan fingerprint density at radius 2 is 2.11 bits per heavy atom. The number of hydrogen-bond acceptors (Lipinski definition) is 5. The average Bonchev–Trinajstić information content (AvgIpc) is 2.79. The lowest BCUT2D eigenvalue weighted by molar-refractivity contribution is -0.115. The van der Waals surface area contributed by atoms with Crippen LogP contribution in [0.1, 0.15) is 11.1 Å². The van der Waals surface area contributed by atoms with Crippen molar-refractivity contribution in [3.63, 3.8) is 0 Å². The first kappa shape index (κ1) is 12.6. The van der Waals surface area contributed by atoms with Crippen LogP contribution in [0.25, 0.3) is 11.5 Å². The van der Waals surface area contributed by atoms with E-state index in [2.05, 4.69) is 10.2 Å². The Bertz CT molecular complexity index is 580. The number of thioether (sulfide) groups is 1. The highest BCUT2D eigenvalue weighted by Crippen LogP contribution is 2.24. The van der Waals surface area contributed by atoms with Crippen LogP contribution in [0.2, 0.25) is 0 Å². The third-order valence-electron chi connectivity index (χ3n) is 2.50. The van der Waals surface area contributed by atoms with Crippen molar-refractivity contribution in [2.24, 2.45) is 5.73 Å². The fourth-order valence-corrected chi connectivity index (χ4v) is 1.89. The number of hydrogen-bond donors (Lipinski definition) is 1. The molecule has 0 aliphatic heterocycles. The molecule has 2 aromatic rings. The van der Waals surface area contributed by atoms with Gasteiger partial charge in [-0.15, -0.1) is 10.2 Å². The largest absolute Gasteiger partial charge is 0.411 e. The second-order valence-corrected chi connectivity index (χ2v) is 4.85. The van der Waals surface area contributed by atoms with E-state index in [1.54, 1.807) is 0 Å². The van der Waals surface area contributed by atoms with Crippen molar-refractivity contribution < 1.29 is 9.21 Å². The maximum atomic E-state index is 10.6. The van der Waals surface area contributed by atoms with E-state index in [0.717, 1.165) is 22.9 Å². The predicted octanol–water partition coefficient (Wildman–Crippen LogP) is 1.93. The SMILES string of the molecule is Cc1ccc(-c2nnc(SCC(N)=O)o2)cc1C. The fourth-order valence-electron chi connectivity index (χ4n) is 1.39. The number of nitrogens with zero attached hydrogens (tertiary/aromatic N) is 2. The Morgan fingerprint density at radius 3 is 2.78 bits per heavy atom. The minimum atomic E-state index is -0.411. The van der Waals surface area contributed by atoms with Crippen LogP contribution in [-0.2, 0) is 4.79 Å². The average molecular weight is 263 g/mol. The monoisotopic (exact) mass is 263 g/mol. The van der Waals surface area contributed by atoms with E-state index < -0.39 is 5.91 Å². The summed E-state index contributed by atoms with van der Waals surface area (Å²) in [5, 5.41) is 8.15. The summed E-state index contributed by atoms with van der Waals surface area (Å²) < 4.78 is 5.45. The van der Waals surface area contributed by atoms with Crippen LogP contribution >= 0.6 is 11.8 Å². The summed E-state index contributed by atoms with van der Waals surface area (Å²) in [5.41, 5.74) is 8.29. The zero-order chi connectivity index (χ0) is 13.1. The standard InChI is InChI=1S/C12H13N3O2S/c1-7-3-4-9(5-8(7)2)11-14-15-12(17-11)18-6-10(13)16/h3-5H,6H2,1-2H3,(H2,13,16). The zero-order valence-electron chi connectivity index (χ0n) is 10.1. The number of nitrogens with two attached hydrogens (primary N) is 1. The molecule has 6 heteroatoms.